The van der Waals surface area contributed by atoms with Gasteiger partial charge in [0.25, 0.3) is 0 Å². The zero-order valence-corrected chi connectivity index (χ0v) is 6.91. The second-order valence-electron chi connectivity index (χ2n) is 2.62. The molecule has 1 aromatic heterocycles. The van der Waals surface area contributed by atoms with Crippen LogP contribution in [0.5, 0.6) is 0 Å². The van der Waals surface area contributed by atoms with Crippen LogP contribution in [0.2, 0.25) is 0 Å². The van der Waals surface area contributed by atoms with E-state index >= 15 is 0 Å². The van der Waals surface area contributed by atoms with Gasteiger partial charge in [-0.15, -0.1) is 0 Å². The number of nitrogens with zero attached hydrogens (tertiary/aromatic N) is 2. The first kappa shape index (κ1) is 7.22. The van der Waals surface area contributed by atoms with Gasteiger partial charge in [0.05, 0.1) is 16.7 Å². The van der Waals surface area contributed by atoms with Crippen LogP contribution in [0, 0.1) is 6.20 Å². The number of hydrogen-bond acceptors (Lipinski definition) is 2. The van der Waals surface area contributed by atoms with Gasteiger partial charge < -0.3 is 0 Å². The highest BCUT2D eigenvalue weighted by Gasteiger charge is 1.96. The molecular formula is C10H9N2. The van der Waals surface area contributed by atoms with E-state index in [0.29, 0.717) is 0 Å². The van der Waals surface area contributed by atoms with E-state index in [1.807, 2.05) is 24.3 Å². The Morgan fingerprint density at radius 3 is 2.75 bits per heavy atom. The molecule has 0 saturated heterocycles. The van der Waals surface area contributed by atoms with Gasteiger partial charge in [0.1, 0.15) is 6.20 Å². The van der Waals surface area contributed by atoms with Gasteiger partial charge in [0.15, 0.2) is 0 Å². The van der Waals surface area contributed by atoms with Gasteiger partial charge in [-0.25, -0.2) is 9.97 Å². The third-order valence-corrected chi connectivity index (χ3v) is 1.78. The van der Waals surface area contributed by atoms with Crippen molar-refractivity contribution < 1.29 is 0 Å². The molecule has 1 aromatic carbocycles. The van der Waals surface area contributed by atoms with E-state index in [-0.39, 0.29) is 0 Å². The predicted octanol–water partition coefficient (Wildman–Crippen LogP) is 1.99. The van der Waals surface area contributed by atoms with E-state index in [0.717, 1.165) is 23.1 Å². The van der Waals surface area contributed by atoms with Crippen LogP contribution in [0.1, 0.15) is 12.6 Å². The molecule has 2 rings (SSSR count). The van der Waals surface area contributed by atoms with Gasteiger partial charge in [-0.3, -0.25) is 0 Å². The van der Waals surface area contributed by atoms with E-state index in [2.05, 4.69) is 23.1 Å². The van der Waals surface area contributed by atoms with Crippen LogP contribution in [0.25, 0.3) is 11.0 Å². The molecule has 0 unspecified atom stereocenters. The molecule has 0 amide bonds. The average Bonchev–Trinajstić information content (AvgIpc) is 2.17. The summed E-state index contributed by atoms with van der Waals surface area (Å²) < 4.78 is 0. The molecule has 0 spiro atoms. The number of aromatic nitrogens is 2. The van der Waals surface area contributed by atoms with Crippen molar-refractivity contribution in [1.82, 2.24) is 9.97 Å². The van der Waals surface area contributed by atoms with Crippen molar-refractivity contribution in [3.63, 3.8) is 0 Å². The third-order valence-electron chi connectivity index (χ3n) is 1.78. The summed E-state index contributed by atoms with van der Waals surface area (Å²) in [4.78, 5) is 8.54. The maximum atomic E-state index is 4.38. The summed E-state index contributed by atoms with van der Waals surface area (Å²) in [6, 6.07) is 7.83. The molecule has 0 saturated carbocycles. The number of para-hydroxylation sites is 2. The molecule has 0 fully saturated rings. The van der Waals surface area contributed by atoms with Crippen molar-refractivity contribution in [2.75, 3.05) is 0 Å². The SMILES string of the molecule is CCc1[c]nc2ccccc2n1. The van der Waals surface area contributed by atoms with Crippen LogP contribution in [0.4, 0.5) is 0 Å². The quantitative estimate of drug-likeness (QED) is 0.632. The molecule has 2 nitrogen and oxygen atoms in total. The highest BCUT2D eigenvalue weighted by atomic mass is 14.8. The third kappa shape index (κ3) is 1.16. The van der Waals surface area contributed by atoms with Crippen LogP contribution < -0.4 is 0 Å². The standard InChI is InChI=1S/C10H9N2/c1-2-8-7-11-9-5-3-4-6-10(9)12-8/h3-6H,2H2,1H3. The Hall–Kier alpha value is -1.44. The number of rotatable bonds is 1. The van der Waals surface area contributed by atoms with Gasteiger partial charge >= 0.3 is 0 Å². The van der Waals surface area contributed by atoms with Crippen molar-refractivity contribution in [3.05, 3.63) is 36.2 Å². The van der Waals surface area contributed by atoms with Crippen molar-refractivity contribution >= 4 is 11.0 Å². The maximum Gasteiger partial charge on any atom is 0.113 e. The topological polar surface area (TPSA) is 25.8 Å². The molecule has 0 N–H and O–H groups in total. The van der Waals surface area contributed by atoms with Crippen LogP contribution in [0.15, 0.2) is 24.3 Å². The van der Waals surface area contributed by atoms with Crippen LogP contribution >= 0.6 is 0 Å². The Morgan fingerprint density at radius 2 is 2.00 bits per heavy atom. The lowest BCUT2D eigenvalue weighted by atomic mass is 10.3. The lowest BCUT2D eigenvalue weighted by Crippen LogP contribution is -1.90. The predicted molar refractivity (Wildman–Crippen MR) is 47.8 cm³/mol. The van der Waals surface area contributed by atoms with Gasteiger partial charge in [-0.2, -0.15) is 0 Å². The molecule has 0 aliphatic rings. The fourth-order valence-corrected chi connectivity index (χ4v) is 1.11. The Balaban J connectivity index is 2.67. The zero-order chi connectivity index (χ0) is 8.39. The summed E-state index contributed by atoms with van der Waals surface area (Å²) in [5.74, 6) is 0. The van der Waals surface area contributed by atoms with E-state index in [9.17, 15) is 0 Å². The summed E-state index contributed by atoms with van der Waals surface area (Å²) in [5.41, 5.74) is 2.79. The van der Waals surface area contributed by atoms with Gasteiger partial charge in [-0.05, 0) is 18.6 Å². The second-order valence-corrected chi connectivity index (χ2v) is 2.62. The average molecular weight is 157 g/mol. The van der Waals surface area contributed by atoms with Gasteiger partial charge in [0.2, 0.25) is 0 Å². The van der Waals surface area contributed by atoms with E-state index in [4.69, 9.17) is 0 Å². The first-order chi connectivity index (χ1) is 5.90. The smallest absolute Gasteiger partial charge is 0.113 e. The van der Waals surface area contributed by atoms with Crippen LogP contribution in [0.3, 0.4) is 0 Å². The van der Waals surface area contributed by atoms with Gasteiger partial charge in [0, 0.05) is 0 Å². The molecule has 2 aromatic rings. The Bertz CT molecular complexity index is 396. The fourth-order valence-electron chi connectivity index (χ4n) is 1.11. The number of aryl methyl sites for hydroxylation is 1. The molecule has 59 valence electrons. The summed E-state index contributed by atoms with van der Waals surface area (Å²) in [5, 5.41) is 0. The first-order valence-electron chi connectivity index (χ1n) is 4.03. The molecule has 1 heterocycles. The molecular weight excluding hydrogens is 148 g/mol. The fraction of sp³-hybridized carbons (Fsp3) is 0.200. The molecule has 1 radical (unpaired) electrons. The maximum absolute atomic E-state index is 4.38. The summed E-state index contributed by atoms with van der Waals surface area (Å²) in [7, 11) is 0. The largest absolute Gasteiger partial charge is 0.249 e. The van der Waals surface area contributed by atoms with E-state index in [1.54, 1.807) is 0 Å². The Kier molecular flexibility index (Phi) is 1.74. The molecule has 12 heavy (non-hydrogen) atoms. The van der Waals surface area contributed by atoms with Crippen molar-refractivity contribution in [2.24, 2.45) is 0 Å². The second kappa shape index (κ2) is 2.89. The zero-order valence-electron chi connectivity index (χ0n) is 6.91. The lowest BCUT2D eigenvalue weighted by Gasteiger charge is -1.96. The monoisotopic (exact) mass is 157 g/mol. The van der Waals surface area contributed by atoms with Gasteiger partial charge in [-0.1, -0.05) is 19.1 Å². The normalized spacial score (nSPS) is 10.4. The summed E-state index contributed by atoms with van der Waals surface area (Å²) in [6.07, 6.45) is 3.79. The lowest BCUT2D eigenvalue weighted by molar-refractivity contribution is 1.02. The van der Waals surface area contributed by atoms with Crippen molar-refractivity contribution in [2.45, 2.75) is 13.3 Å². The summed E-state index contributed by atoms with van der Waals surface area (Å²) in [6.45, 7) is 2.05. The number of hydrogen-bond donors (Lipinski definition) is 0. The highest BCUT2D eigenvalue weighted by molar-refractivity contribution is 5.73. The van der Waals surface area contributed by atoms with E-state index < -0.39 is 0 Å². The van der Waals surface area contributed by atoms with Crippen LogP contribution in [-0.2, 0) is 6.42 Å². The minimum atomic E-state index is 0.887. The minimum Gasteiger partial charge on any atom is -0.249 e. The molecule has 0 bridgehead atoms. The molecule has 0 aliphatic carbocycles. The van der Waals surface area contributed by atoms with Crippen molar-refractivity contribution in [1.29, 1.82) is 0 Å². The van der Waals surface area contributed by atoms with Crippen LogP contribution in [-0.4, -0.2) is 9.97 Å². The number of fused-ring (bicyclic) bond motifs is 1. The highest BCUT2D eigenvalue weighted by Crippen LogP contribution is 2.07. The Labute approximate surface area is 71.3 Å². The first-order valence-corrected chi connectivity index (χ1v) is 4.03. The summed E-state index contributed by atoms with van der Waals surface area (Å²) >= 11 is 0. The molecule has 0 aliphatic heterocycles. The van der Waals surface area contributed by atoms with E-state index in [1.165, 1.54) is 0 Å². The molecule has 0 atom stereocenters. The molecule has 2 heteroatoms. The van der Waals surface area contributed by atoms with Crippen molar-refractivity contribution in [3.8, 4) is 0 Å². The number of benzene rings is 1. The Morgan fingerprint density at radius 1 is 1.25 bits per heavy atom. The minimum absolute atomic E-state index is 0.887.